The van der Waals surface area contributed by atoms with Crippen LogP contribution in [0.15, 0.2) is 18.3 Å². The molecule has 0 atom stereocenters. The van der Waals surface area contributed by atoms with Gasteiger partial charge in [-0.05, 0) is 18.9 Å². The normalized spacial score (nSPS) is 16.3. The number of piperidine rings is 1. The van der Waals surface area contributed by atoms with E-state index in [1.54, 1.807) is 6.20 Å². The minimum absolute atomic E-state index is 0.261. The van der Waals surface area contributed by atoms with Gasteiger partial charge in [-0.2, -0.15) is 0 Å². The molecule has 4 heteroatoms. The van der Waals surface area contributed by atoms with Gasteiger partial charge in [0, 0.05) is 38.3 Å². The monoisotopic (exact) mass is 219 g/mol. The molecule has 2 rings (SSSR count). The van der Waals surface area contributed by atoms with Crippen LogP contribution in [0.3, 0.4) is 0 Å². The van der Waals surface area contributed by atoms with Crippen molar-refractivity contribution in [2.45, 2.75) is 25.8 Å². The van der Waals surface area contributed by atoms with E-state index in [2.05, 4.69) is 10.3 Å². The lowest BCUT2D eigenvalue weighted by atomic mass is 10.1. The van der Waals surface area contributed by atoms with Gasteiger partial charge in [-0.1, -0.05) is 6.07 Å². The summed E-state index contributed by atoms with van der Waals surface area (Å²) < 4.78 is 0. The van der Waals surface area contributed by atoms with E-state index in [4.69, 9.17) is 0 Å². The minimum Gasteiger partial charge on any atom is -0.373 e. The molecule has 0 saturated carbocycles. The van der Waals surface area contributed by atoms with Gasteiger partial charge < -0.3 is 10.2 Å². The second-order valence-electron chi connectivity index (χ2n) is 4.03. The van der Waals surface area contributed by atoms with E-state index in [0.717, 1.165) is 30.8 Å². The Morgan fingerprint density at radius 1 is 1.50 bits per heavy atom. The summed E-state index contributed by atoms with van der Waals surface area (Å²) in [5.74, 6) is 1.12. The van der Waals surface area contributed by atoms with Crippen LogP contribution in [0.2, 0.25) is 0 Å². The molecule has 4 nitrogen and oxygen atoms in total. The van der Waals surface area contributed by atoms with Crippen LogP contribution in [0.1, 0.15) is 24.8 Å². The number of pyridine rings is 1. The van der Waals surface area contributed by atoms with Crippen LogP contribution in [0, 0.1) is 0 Å². The SMILES string of the molecule is CNc1ncccc1CN1CCCCC1=O. The molecule has 1 aromatic heterocycles. The van der Waals surface area contributed by atoms with Gasteiger partial charge in [0.1, 0.15) is 5.82 Å². The number of hydrogen-bond donors (Lipinski definition) is 1. The van der Waals surface area contributed by atoms with Crippen LogP contribution < -0.4 is 5.32 Å². The molecule has 0 unspecified atom stereocenters. The molecule has 1 aliphatic rings. The maximum absolute atomic E-state index is 11.7. The Labute approximate surface area is 95.7 Å². The summed E-state index contributed by atoms with van der Waals surface area (Å²) in [4.78, 5) is 17.8. The second kappa shape index (κ2) is 4.96. The van der Waals surface area contributed by atoms with Crippen LogP contribution in [0.4, 0.5) is 5.82 Å². The Bertz CT molecular complexity index is 378. The number of likely N-dealkylation sites (tertiary alicyclic amines) is 1. The highest BCUT2D eigenvalue weighted by molar-refractivity contribution is 5.77. The van der Waals surface area contributed by atoms with Crippen molar-refractivity contribution in [3.8, 4) is 0 Å². The van der Waals surface area contributed by atoms with Gasteiger partial charge in [0.05, 0.1) is 0 Å². The van der Waals surface area contributed by atoms with Crippen LogP contribution in [-0.2, 0) is 11.3 Å². The number of rotatable bonds is 3. The molecule has 0 radical (unpaired) electrons. The summed E-state index contributed by atoms with van der Waals surface area (Å²) in [6, 6.07) is 3.92. The molecule has 1 saturated heterocycles. The Morgan fingerprint density at radius 2 is 2.38 bits per heavy atom. The summed E-state index contributed by atoms with van der Waals surface area (Å²) in [6.07, 6.45) is 4.59. The molecule has 0 spiro atoms. The number of hydrogen-bond acceptors (Lipinski definition) is 3. The first kappa shape index (κ1) is 10.9. The van der Waals surface area contributed by atoms with E-state index in [0.29, 0.717) is 13.0 Å². The van der Waals surface area contributed by atoms with Crippen molar-refractivity contribution in [2.24, 2.45) is 0 Å². The van der Waals surface area contributed by atoms with Crippen molar-refractivity contribution in [1.82, 2.24) is 9.88 Å². The zero-order valence-electron chi connectivity index (χ0n) is 9.57. The first-order valence-corrected chi connectivity index (χ1v) is 5.70. The van der Waals surface area contributed by atoms with Crippen molar-refractivity contribution in [3.63, 3.8) is 0 Å². The van der Waals surface area contributed by atoms with Crippen LogP contribution in [0.5, 0.6) is 0 Å². The molecule has 16 heavy (non-hydrogen) atoms. The summed E-state index contributed by atoms with van der Waals surface area (Å²) >= 11 is 0. The standard InChI is InChI=1S/C12H17N3O/c1-13-12-10(5-4-7-14-12)9-15-8-3-2-6-11(15)16/h4-5,7H,2-3,6,8-9H2,1H3,(H,13,14). The number of amides is 1. The Hall–Kier alpha value is -1.58. The highest BCUT2D eigenvalue weighted by atomic mass is 16.2. The number of carbonyl (C=O) groups excluding carboxylic acids is 1. The molecule has 1 amide bonds. The predicted octanol–water partition coefficient (Wildman–Crippen LogP) is 1.64. The van der Waals surface area contributed by atoms with Gasteiger partial charge in [0.2, 0.25) is 5.91 Å². The number of nitrogens with zero attached hydrogens (tertiary/aromatic N) is 2. The van der Waals surface area contributed by atoms with Crippen LogP contribution in [0.25, 0.3) is 0 Å². The number of carbonyl (C=O) groups is 1. The summed E-state index contributed by atoms with van der Waals surface area (Å²) in [5, 5.41) is 3.05. The van der Waals surface area contributed by atoms with Crippen molar-refractivity contribution in [2.75, 3.05) is 18.9 Å². The maximum Gasteiger partial charge on any atom is 0.222 e. The quantitative estimate of drug-likeness (QED) is 0.840. The Morgan fingerprint density at radius 3 is 3.12 bits per heavy atom. The largest absolute Gasteiger partial charge is 0.373 e. The van der Waals surface area contributed by atoms with Gasteiger partial charge in [0.15, 0.2) is 0 Å². The smallest absolute Gasteiger partial charge is 0.222 e. The molecule has 0 aliphatic carbocycles. The van der Waals surface area contributed by atoms with E-state index in [9.17, 15) is 4.79 Å². The van der Waals surface area contributed by atoms with E-state index in [1.807, 2.05) is 24.1 Å². The maximum atomic E-state index is 11.7. The lowest BCUT2D eigenvalue weighted by Gasteiger charge is -2.27. The van der Waals surface area contributed by atoms with Crippen molar-refractivity contribution in [3.05, 3.63) is 23.9 Å². The van der Waals surface area contributed by atoms with Crippen molar-refractivity contribution in [1.29, 1.82) is 0 Å². The summed E-state index contributed by atoms with van der Waals surface area (Å²) in [6.45, 7) is 1.54. The fourth-order valence-electron chi connectivity index (χ4n) is 2.03. The summed E-state index contributed by atoms with van der Waals surface area (Å²) in [7, 11) is 1.85. The number of anilines is 1. The molecule has 0 bridgehead atoms. The Balaban J connectivity index is 2.10. The zero-order chi connectivity index (χ0) is 11.4. The first-order chi connectivity index (χ1) is 7.81. The topological polar surface area (TPSA) is 45.2 Å². The Kier molecular flexibility index (Phi) is 3.39. The number of aromatic nitrogens is 1. The fraction of sp³-hybridized carbons (Fsp3) is 0.500. The predicted molar refractivity (Wildman–Crippen MR) is 63.1 cm³/mol. The van der Waals surface area contributed by atoms with E-state index < -0.39 is 0 Å². The van der Waals surface area contributed by atoms with Gasteiger partial charge in [0.25, 0.3) is 0 Å². The third-order valence-electron chi connectivity index (χ3n) is 2.91. The van der Waals surface area contributed by atoms with Gasteiger partial charge in [-0.25, -0.2) is 4.98 Å². The zero-order valence-corrected chi connectivity index (χ0v) is 9.57. The average Bonchev–Trinajstić information content (AvgIpc) is 2.33. The molecular weight excluding hydrogens is 202 g/mol. The summed E-state index contributed by atoms with van der Waals surface area (Å²) in [5.41, 5.74) is 1.08. The molecule has 1 N–H and O–H groups in total. The molecule has 2 heterocycles. The van der Waals surface area contributed by atoms with Gasteiger partial charge in [-0.15, -0.1) is 0 Å². The van der Waals surface area contributed by atoms with Crippen molar-refractivity contribution >= 4 is 11.7 Å². The highest BCUT2D eigenvalue weighted by Crippen LogP contribution is 2.17. The molecule has 1 aliphatic heterocycles. The van der Waals surface area contributed by atoms with Crippen LogP contribution in [-0.4, -0.2) is 29.4 Å². The van der Waals surface area contributed by atoms with Gasteiger partial charge in [-0.3, -0.25) is 4.79 Å². The van der Waals surface area contributed by atoms with E-state index in [-0.39, 0.29) is 5.91 Å². The lowest BCUT2D eigenvalue weighted by molar-refractivity contribution is -0.133. The lowest BCUT2D eigenvalue weighted by Crippen LogP contribution is -2.34. The third-order valence-corrected chi connectivity index (χ3v) is 2.91. The third kappa shape index (κ3) is 2.32. The second-order valence-corrected chi connectivity index (χ2v) is 4.03. The average molecular weight is 219 g/mol. The molecule has 0 aromatic carbocycles. The van der Waals surface area contributed by atoms with Crippen molar-refractivity contribution < 1.29 is 4.79 Å². The van der Waals surface area contributed by atoms with E-state index >= 15 is 0 Å². The molecule has 1 fully saturated rings. The highest BCUT2D eigenvalue weighted by Gasteiger charge is 2.18. The molecule has 86 valence electrons. The van der Waals surface area contributed by atoms with E-state index in [1.165, 1.54) is 0 Å². The molecule has 1 aromatic rings. The van der Waals surface area contributed by atoms with Gasteiger partial charge >= 0.3 is 0 Å². The fourth-order valence-corrected chi connectivity index (χ4v) is 2.03. The number of nitrogens with one attached hydrogen (secondary N) is 1. The first-order valence-electron chi connectivity index (χ1n) is 5.70. The molecular formula is C12H17N3O. The van der Waals surface area contributed by atoms with Crippen LogP contribution >= 0.6 is 0 Å². The minimum atomic E-state index is 0.261.